The Morgan fingerprint density at radius 2 is 1.56 bits per heavy atom. The van der Waals surface area contributed by atoms with Gasteiger partial charge in [-0.05, 0) is 59.1 Å². The lowest BCUT2D eigenvalue weighted by atomic mass is 9.63. The summed E-state index contributed by atoms with van der Waals surface area (Å²) in [4.78, 5) is 4.72. The molecule has 1 aliphatic carbocycles. The first-order valence-corrected chi connectivity index (χ1v) is 9.26. The van der Waals surface area contributed by atoms with Gasteiger partial charge in [0.15, 0.2) is 11.5 Å². The lowest BCUT2D eigenvalue weighted by Gasteiger charge is -2.43. The molecule has 2 aromatic rings. The Balaban J connectivity index is 1.75. The highest BCUT2D eigenvalue weighted by atomic mass is 16.5. The quantitative estimate of drug-likeness (QED) is 0.616. The van der Waals surface area contributed by atoms with E-state index >= 15 is 0 Å². The van der Waals surface area contributed by atoms with E-state index in [2.05, 4.69) is 74.9 Å². The van der Waals surface area contributed by atoms with Gasteiger partial charge in [0.2, 0.25) is 0 Å². The van der Waals surface area contributed by atoms with E-state index in [0.717, 1.165) is 18.2 Å². The second-order valence-corrected chi connectivity index (χ2v) is 9.13. The standard InChI is InChI=1S/C22H26N2O/c1-21(2)9-10-22(3,4)15-12-19-17(11-14(15)21)24-13-23(5)16-7-6-8-18(25-19)20(16)24/h6-8,11-12H,9-10,13H2,1-5H3. The average molecular weight is 334 g/mol. The molecule has 0 saturated carbocycles. The zero-order valence-corrected chi connectivity index (χ0v) is 15.8. The van der Waals surface area contributed by atoms with Crippen LogP contribution in [0.25, 0.3) is 0 Å². The van der Waals surface area contributed by atoms with E-state index in [-0.39, 0.29) is 10.8 Å². The number of hydrogen-bond acceptors (Lipinski definition) is 3. The highest BCUT2D eigenvalue weighted by Gasteiger charge is 2.41. The Morgan fingerprint density at radius 3 is 2.28 bits per heavy atom. The summed E-state index contributed by atoms with van der Waals surface area (Å²) in [5.41, 5.74) is 7.04. The molecule has 0 unspecified atom stereocenters. The van der Waals surface area contributed by atoms with Gasteiger partial charge in [-0.25, -0.2) is 0 Å². The smallest absolute Gasteiger partial charge is 0.153 e. The van der Waals surface area contributed by atoms with Gasteiger partial charge in [-0.15, -0.1) is 0 Å². The van der Waals surface area contributed by atoms with E-state index in [1.807, 2.05) is 0 Å². The summed E-state index contributed by atoms with van der Waals surface area (Å²) in [6.07, 6.45) is 2.45. The van der Waals surface area contributed by atoms with Gasteiger partial charge in [-0.1, -0.05) is 33.8 Å². The van der Waals surface area contributed by atoms with Crippen molar-refractivity contribution in [1.29, 1.82) is 0 Å². The van der Waals surface area contributed by atoms with Crippen molar-refractivity contribution < 1.29 is 4.74 Å². The van der Waals surface area contributed by atoms with E-state index < -0.39 is 0 Å². The zero-order chi connectivity index (χ0) is 17.6. The number of hydrogen-bond donors (Lipinski definition) is 0. The molecule has 2 heterocycles. The molecule has 0 bridgehead atoms. The maximum atomic E-state index is 6.38. The summed E-state index contributed by atoms with van der Waals surface area (Å²) in [7, 11) is 2.15. The molecule has 5 rings (SSSR count). The minimum Gasteiger partial charge on any atom is -0.453 e. The molecule has 0 spiro atoms. The van der Waals surface area contributed by atoms with Crippen LogP contribution < -0.4 is 14.5 Å². The maximum absolute atomic E-state index is 6.38. The van der Waals surface area contributed by atoms with Crippen molar-refractivity contribution in [2.24, 2.45) is 0 Å². The minimum atomic E-state index is 0.202. The Kier molecular flexibility index (Phi) is 2.73. The van der Waals surface area contributed by atoms with E-state index in [4.69, 9.17) is 4.74 Å². The molecule has 0 N–H and O–H groups in total. The van der Waals surface area contributed by atoms with Crippen LogP contribution in [0.2, 0.25) is 0 Å². The second-order valence-electron chi connectivity index (χ2n) is 9.13. The van der Waals surface area contributed by atoms with Gasteiger partial charge in [-0.2, -0.15) is 0 Å². The third-order valence-electron chi connectivity index (χ3n) is 6.46. The highest BCUT2D eigenvalue weighted by molar-refractivity contribution is 5.91. The fourth-order valence-electron chi connectivity index (χ4n) is 4.72. The number of rotatable bonds is 0. The van der Waals surface area contributed by atoms with Crippen molar-refractivity contribution in [1.82, 2.24) is 0 Å². The van der Waals surface area contributed by atoms with Gasteiger partial charge in [0.05, 0.1) is 18.0 Å². The highest BCUT2D eigenvalue weighted by Crippen LogP contribution is 2.57. The first-order valence-electron chi connectivity index (χ1n) is 9.26. The largest absolute Gasteiger partial charge is 0.453 e. The Bertz CT molecular complexity index is 897. The third-order valence-corrected chi connectivity index (χ3v) is 6.46. The summed E-state index contributed by atoms with van der Waals surface area (Å²) in [6.45, 7) is 10.4. The van der Waals surface area contributed by atoms with Crippen molar-refractivity contribution in [2.75, 3.05) is 23.5 Å². The molecule has 2 aromatic carbocycles. The molecule has 130 valence electrons. The number of fused-ring (bicyclic) bond motifs is 3. The molecule has 25 heavy (non-hydrogen) atoms. The summed E-state index contributed by atoms with van der Waals surface area (Å²) >= 11 is 0. The monoisotopic (exact) mass is 334 g/mol. The van der Waals surface area contributed by atoms with Crippen molar-refractivity contribution in [2.45, 2.75) is 51.4 Å². The topological polar surface area (TPSA) is 15.7 Å². The molecule has 3 heteroatoms. The predicted octanol–water partition coefficient (Wildman–Crippen LogP) is 5.69. The molecule has 0 aromatic heterocycles. The number of para-hydroxylation sites is 1. The molecular formula is C22H26N2O. The van der Waals surface area contributed by atoms with Gasteiger partial charge in [0.25, 0.3) is 0 Å². The van der Waals surface area contributed by atoms with Crippen LogP contribution in [0.1, 0.15) is 51.7 Å². The maximum Gasteiger partial charge on any atom is 0.153 e. The Hall–Kier alpha value is -2.16. The van der Waals surface area contributed by atoms with Gasteiger partial charge >= 0.3 is 0 Å². The fourth-order valence-corrected chi connectivity index (χ4v) is 4.72. The Labute approximate surface area is 150 Å². The SMILES string of the molecule is CN1CN2c3cc4c(cc3Oc3cccc1c32)C(C)(C)CCC4(C)C. The molecule has 3 aliphatic rings. The van der Waals surface area contributed by atoms with Crippen molar-refractivity contribution in [3.8, 4) is 11.5 Å². The summed E-state index contributed by atoms with van der Waals surface area (Å²) < 4.78 is 6.38. The third kappa shape index (κ3) is 1.92. The number of ether oxygens (including phenoxy) is 1. The van der Waals surface area contributed by atoms with Gasteiger partial charge < -0.3 is 14.5 Å². The van der Waals surface area contributed by atoms with E-state index in [0.29, 0.717) is 0 Å². The average Bonchev–Trinajstić information content (AvgIpc) is 2.90. The van der Waals surface area contributed by atoms with E-state index in [1.165, 1.54) is 41.0 Å². The van der Waals surface area contributed by atoms with Crippen molar-refractivity contribution in [3.05, 3.63) is 41.5 Å². The first kappa shape index (κ1) is 15.1. The van der Waals surface area contributed by atoms with Crippen LogP contribution in [0.4, 0.5) is 17.1 Å². The van der Waals surface area contributed by atoms with Gasteiger partial charge in [-0.3, -0.25) is 0 Å². The molecule has 3 nitrogen and oxygen atoms in total. The zero-order valence-electron chi connectivity index (χ0n) is 15.8. The molecule has 0 fully saturated rings. The lowest BCUT2D eigenvalue weighted by molar-refractivity contribution is 0.330. The van der Waals surface area contributed by atoms with Gasteiger partial charge in [0.1, 0.15) is 5.69 Å². The van der Waals surface area contributed by atoms with Crippen LogP contribution in [0.5, 0.6) is 11.5 Å². The van der Waals surface area contributed by atoms with Gasteiger partial charge in [0, 0.05) is 7.05 Å². The van der Waals surface area contributed by atoms with E-state index in [9.17, 15) is 0 Å². The summed E-state index contributed by atoms with van der Waals surface area (Å²) in [6, 6.07) is 11.1. The van der Waals surface area contributed by atoms with Crippen LogP contribution in [0.15, 0.2) is 30.3 Å². The van der Waals surface area contributed by atoms with Crippen LogP contribution in [-0.4, -0.2) is 13.7 Å². The van der Waals surface area contributed by atoms with Crippen LogP contribution in [0.3, 0.4) is 0 Å². The molecule has 0 amide bonds. The summed E-state index contributed by atoms with van der Waals surface area (Å²) in [5, 5.41) is 0. The molecule has 0 radical (unpaired) electrons. The summed E-state index contributed by atoms with van der Waals surface area (Å²) in [5.74, 6) is 1.98. The minimum absolute atomic E-state index is 0.202. The molecule has 0 atom stereocenters. The van der Waals surface area contributed by atoms with Crippen LogP contribution >= 0.6 is 0 Å². The number of benzene rings is 2. The Morgan fingerprint density at radius 1 is 0.880 bits per heavy atom. The second kappa shape index (κ2) is 4.51. The van der Waals surface area contributed by atoms with Crippen LogP contribution in [-0.2, 0) is 10.8 Å². The molecule has 2 aliphatic heterocycles. The number of nitrogens with zero attached hydrogens (tertiary/aromatic N) is 2. The van der Waals surface area contributed by atoms with Crippen molar-refractivity contribution in [3.63, 3.8) is 0 Å². The molecule has 0 saturated heterocycles. The molecular weight excluding hydrogens is 308 g/mol. The fraction of sp³-hybridized carbons (Fsp3) is 0.455. The van der Waals surface area contributed by atoms with E-state index in [1.54, 1.807) is 0 Å². The van der Waals surface area contributed by atoms with Crippen LogP contribution in [0, 0.1) is 0 Å². The van der Waals surface area contributed by atoms with Crippen molar-refractivity contribution >= 4 is 17.1 Å². The number of anilines is 3. The normalized spacial score (nSPS) is 21.3. The predicted molar refractivity (Wildman–Crippen MR) is 104 cm³/mol. The lowest BCUT2D eigenvalue weighted by Crippen LogP contribution is -2.34. The first-order chi connectivity index (χ1) is 11.8.